The normalized spacial score (nSPS) is 12.8. The fraction of sp³-hybridized carbons (Fsp3) is 0.211. The van der Waals surface area contributed by atoms with Crippen molar-refractivity contribution < 1.29 is 53.2 Å². The number of anilines is 11. The summed E-state index contributed by atoms with van der Waals surface area (Å²) in [5.41, 5.74) is 18.6. The van der Waals surface area contributed by atoms with Crippen molar-refractivity contribution in [2.75, 3.05) is 124 Å². The Hall–Kier alpha value is -15.1. The largest absolute Gasteiger partial charge is 0.478 e. The van der Waals surface area contributed by atoms with Crippen LogP contribution in [0, 0.1) is 0 Å². The number of carboxylic acid groups (broad SMARTS) is 1. The average molecular weight is 1640 g/mol. The molecule has 4 fully saturated rings. The Morgan fingerprint density at radius 2 is 0.689 bits per heavy atom. The lowest BCUT2D eigenvalue weighted by Crippen LogP contribution is -2.21. The third-order valence-electron chi connectivity index (χ3n) is 20.0. The lowest BCUT2D eigenvalue weighted by Gasteiger charge is -2.17. The number of nitrogens with two attached hydrogens (primary N) is 1. The number of aliphatic hydroxyl groups is 1. The molecule has 0 aliphatic carbocycles. The standard InChI is InChI=1S/C24H24N4O3.C23H22N4O3.C23H24N4O2.C15H17N3.C9H7NO3.CH4/c1-31-23(29)19-10-2-3-11-21(19)27-24(30)25-18-9-6-8-17(16-18)20-12-7-13-22(26-20)28-14-4-5-15-28;28-22(29)18-9-1-2-10-20(18)26-23(30)24-17-8-5-7-16(15-17)19-11-6-12-21(25-19)27-13-3-4-14-27;28-16-18-7-1-2-10-21(18)26-23(29)24-19-9-5-8-17(15-19)20-11-6-12-22(25-20)27-13-3-4-14-27;16-13-6-3-5-12(11-13)14-7-4-8-15(17-14)18-9-1-2-10-18;1-13-9(12)7-4-2-3-5-8(7)10-6-11;/h2-3,6-13,16H,4-5,14-15H2,1H3,(H2,25,27,30);1-2,5-12,15H,3-4,13-14H2,(H,28,29)(H2,24,26,30);1-2,5-12,15,28H,3-4,13-14,16H2,(H2,24,26,29);3-8,11H,1-2,9-10,16H2;2-5H,1H3;1H4. The smallest absolute Gasteiger partial charge is 0.340 e. The molecule has 10 N–H and O–H groups in total. The molecule has 8 aromatic carbocycles. The van der Waals surface area contributed by atoms with Gasteiger partial charge in [0.1, 0.15) is 23.3 Å². The lowest BCUT2D eigenvalue weighted by atomic mass is 10.1. The second kappa shape index (κ2) is 44.5. The number of amides is 6. The Bertz CT molecular complexity index is 5630. The summed E-state index contributed by atoms with van der Waals surface area (Å²) in [4.78, 5) is 113. The molecular formula is C95H98N16O11. The Morgan fingerprint density at radius 1 is 0.377 bits per heavy atom. The van der Waals surface area contributed by atoms with Gasteiger partial charge in [-0.3, -0.25) is 0 Å². The highest BCUT2D eigenvalue weighted by Gasteiger charge is 2.22. The van der Waals surface area contributed by atoms with Crippen LogP contribution in [-0.2, 0) is 20.9 Å². The van der Waals surface area contributed by atoms with Crippen LogP contribution in [0.5, 0.6) is 0 Å². The predicted molar refractivity (Wildman–Crippen MR) is 483 cm³/mol. The molecule has 4 saturated heterocycles. The van der Waals surface area contributed by atoms with Crippen LogP contribution in [0.1, 0.15) is 95.4 Å². The quantitative estimate of drug-likeness (QED) is 0.0157. The van der Waals surface area contributed by atoms with Gasteiger partial charge in [-0.2, -0.15) is 4.99 Å². The molecule has 4 aromatic heterocycles. The highest BCUT2D eigenvalue weighted by Crippen LogP contribution is 2.32. The number of methoxy groups -OCH3 is 2. The number of nitrogens with one attached hydrogen (secondary N) is 6. The second-order valence-corrected chi connectivity index (χ2v) is 28.3. The summed E-state index contributed by atoms with van der Waals surface area (Å²) in [6.45, 7) is 8.31. The third-order valence-corrected chi connectivity index (χ3v) is 20.0. The number of carboxylic acids is 1. The van der Waals surface area contributed by atoms with Crippen molar-refractivity contribution in [3.8, 4) is 45.0 Å². The number of nitrogens with zero attached hydrogens (tertiary/aromatic N) is 9. The van der Waals surface area contributed by atoms with Crippen LogP contribution in [0.2, 0.25) is 0 Å². The summed E-state index contributed by atoms with van der Waals surface area (Å²) in [7, 11) is 2.57. The van der Waals surface area contributed by atoms with Gasteiger partial charge in [-0.1, -0.05) is 135 Å². The van der Waals surface area contributed by atoms with Crippen molar-refractivity contribution in [2.24, 2.45) is 4.99 Å². The molecule has 624 valence electrons. The van der Waals surface area contributed by atoms with Gasteiger partial charge in [0.2, 0.25) is 6.08 Å². The Morgan fingerprint density at radius 3 is 1.06 bits per heavy atom. The van der Waals surface area contributed by atoms with Crippen LogP contribution in [-0.4, -0.2) is 139 Å². The summed E-state index contributed by atoms with van der Waals surface area (Å²) in [6.07, 6.45) is 11.1. The van der Waals surface area contributed by atoms with E-state index in [1.807, 2.05) is 158 Å². The molecule has 122 heavy (non-hydrogen) atoms. The number of pyridine rings is 4. The van der Waals surface area contributed by atoms with Gasteiger partial charge in [-0.05, 0) is 191 Å². The third kappa shape index (κ3) is 24.8. The number of carbonyl (C=O) groups is 6. The summed E-state index contributed by atoms with van der Waals surface area (Å²) in [5, 5.41) is 35.2. The number of carbonyl (C=O) groups excluding carboxylic acids is 6. The zero-order chi connectivity index (χ0) is 84.7. The highest BCUT2D eigenvalue weighted by atomic mass is 16.5. The van der Waals surface area contributed by atoms with Gasteiger partial charge in [0.25, 0.3) is 0 Å². The maximum absolute atomic E-state index is 12.5. The number of esters is 2. The number of ether oxygens (including phenoxy) is 2. The van der Waals surface area contributed by atoms with E-state index in [4.69, 9.17) is 30.4 Å². The highest BCUT2D eigenvalue weighted by molar-refractivity contribution is 6.06. The van der Waals surface area contributed by atoms with Crippen LogP contribution in [0.25, 0.3) is 45.0 Å². The van der Waals surface area contributed by atoms with Crippen LogP contribution < -0.4 is 57.2 Å². The Labute approximate surface area is 708 Å². The van der Waals surface area contributed by atoms with Crippen molar-refractivity contribution >= 4 is 111 Å². The van der Waals surface area contributed by atoms with Gasteiger partial charge in [0.05, 0.1) is 77.4 Å². The molecule has 27 nitrogen and oxygen atoms in total. The van der Waals surface area contributed by atoms with E-state index in [2.05, 4.69) is 73.4 Å². The number of benzene rings is 8. The molecule has 0 radical (unpaired) electrons. The monoisotopic (exact) mass is 1640 g/mol. The van der Waals surface area contributed by atoms with Gasteiger partial charge in [-0.25, -0.2) is 53.5 Å². The molecule has 0 atom stereocenters. The first-order valence-corrected chi connectivity index (χ1v) is 39.8. The maximum Gasteiger partial charge on any atom is 0.340 e. The number of hydrogen-bond donors (Lipinski definition) is 9. The number of aromatic carboxylic acids is 1. The van der Waals surface area contributed by atoms with Crippen molar-refractivity contribution in [2.45, 2.75) is 65.4 Å². The first kappa shape index (κ1) is 87.7. The first-order valence-electron chi connectivity index (χ1n) is 39.8. The van der Waals surface area contributed by atoms with Crippen molar-refractivity contribution in [1.82, 2.24) is 19.9 Å². The number of para-hydroxylation sites is 4. The van der Waals surface area contributed by atoms with E-state index in [1.165, 1.54) is 89.9 Å². The zero-order valence-electron chi connectivity index (χ0n) is 67.1. The number of urea groups is 3. The van der Waals surface area contributed by atoms with Gasteiger partial charge in [0, 0.05) is 109 Å². The molecule has 12 aromatic rings. The van der Waals surface area contributed by atoms with E-state index < -0.39 is 30.0 Å². The summed E-state index contributed by atoms with van der Waals surface area (Å²) in [6, 6.07) is 79.8. The van der Waals surface area contributed by atoms with E-state index in [9.17, 15) is 43.8 Å². The Kier molecular flexibility index (Phi) is 32.0. The molecule has 0 unspecified atom stereocenters. The summed E-state index contributed by atoms with van der Waals surface area (Å²) in [5.74, 6) is 1.88. The van der Waals surface area contributed by atoms with Gasteiger partial charge < -0.3 is 76.9 Å². The van der Waals surface area contributed by atoms with Crippen LogP contribution >= 0.6 is 0 Å². The average Bonchev–Trinajstić information content (AvgIpc) is 1.34. The van der Waals surface area contributed by atoms with Crippen LogP contribution in [0.4, 0.5) is 83.2 Å². The van der Waals surface area contributed by atoms with E-state index in [0.717, 1.165) is 126 Å². The number of rotatable bonds is 19. The van der Waals surface area contributed by atoms with Gasteiger partial charge >= 0.3 is 36.0 Å². The number of aliphatic hydroxyl groups excluding tert-OH is 1. The molecule has 4 aliphatic heterocycles. The predicted octanol–water partition coefficient (Wildman–Crippen LogP) is 19.0. The van der Waals surface area contributed by atoms with E-state index in [0.29, 0.717) is 34.0 Å². The second-order valence-electron chi connectivity index (χ2n) is 28.3. The summed E-state index contributed by atoms with van der Waals surface area (Å²) < 4.78 is 9.26. The molecule has 0 saturated carbocycles. The fourth-order valence-electron chi connectivity index (χ4n) is 14.0. The topological polar surface area (TPSA) is 353 Å². The minimum absolute atomic E-state index is 0. The van der Waals surface area contributed by atoms with E-state index >= 15 is 0 Å². The van der Waals surface area contributed by atoms with Crippen LogP contribution in [0.15, 0.2) is 272 Å². The van der Waals surface area contributed by atoms with Crippen LogP contribution in [0.3, 0.4) is 0 Å². The maximum atomic E-state index is 12.5. The van der Waals surface area contributed by atoms with Gasteiger partial charge in [-0.15, -0.1) is 0 Å². The number of isocyanates is 1. The number of aliphatic imine (C=N–C) groups is 1. The van der Waals surface area contributed by atoms with Crippen molar-refractivity contribution in [3.05, 3.63) is 289 Å². The number of nitrogen functional groups attached to an aromatic ring is 1. The molecule has 4 aliphatic rings. The zero-order valence-corrected chi connectivity index (χ0v) is 67.1. The van der Waals surface area contributed by atoms with E-state index in [-0.39, 0.29) is 48.1 Å². The molecule has 0 bridgehead atoms. The number of hydrogen-bond acceptors (Lipinski definition) is 20. The molecule has 0 spiro atoms. The lowest BCUT2D eigenvalue weighted by molar-refractivity contribution is 0.0593. The van der Waals surface area contributed by atoms with Crippen molar-refractivity contribution in [3.63, 3.8) is 0 Å². The fourth-order valence-corrected chi connectivity index (χ4v) is 14.0. The number of aromatic nitrogens is 4. The Balaban J connectivity index is 0.000000153. The molecular weight excluding hydrogens is 1540 g/mol. The molecule has 16 rings (SSSR count). The first-order chi connectivity index (χ1) is 59.1. The van der Waals surface area contributed by atoms with E-state index in [1.54, 1.807) is 78.9 Å². The molecule has 27 heteroatoms. The SMILES string of the molecule is C.COC(=O)c1ccccc1N=C=O.COC(=O)c1ccccc1NC(=O)Nc1cccc(-c2cccc(N3CCCC3)n2)c1.Nc1cccc(-c2cccc(N3CCCC3)n2)c1.O=C(Nc1cccc(-c2cccc(N3CCCC3)n2)c1)Nc1ccccc1C(=O)O.O=C(Nc1cccc(-c2cccc(N3CCCC3)n2)c1)Nc1ccccc1CO. The summed E-state index contributed by atoms with van der Waals surface area (Å²) >= 11 is 0. The minimum atomic E-state index is -1.10. The van der Waals surface area contributed by atoms with Crippen molar-refractivity contribution in [1.29, 1.82) is 0 Å². The van der Waals surface area contributed by atoms with Gasteiger partial charge in [0.15, 0.2) is 0 Å². The minimum Gasteiger partial charge on any atom is -0.478 e. The molecule has 6 amide bonds. The molecule has 8 heterocycles.